The number of methoxy groups -OCH3 is 1. The zero-order valence-corrected chi connectivity index (χ0v) is 11.0. The molecule has 0 saturated carbocycles. The lowest BCUT2D eigenvalue weighted by Crippen LogP contribution is -2.06. The Morgan fingerprint density at radius 3 is 2.69 bits per heavy atom. The number of hydrogen-bond donors (Lipinski definition) is 0. The van der Waals surface area contributed by atoms with E-state index in [0.29, 0.717) is 15.6 Å². The van der Waals surface area contributed by atoms with Gasteiger partial charge in [0.1, 0.15) is 0 Å². The molecule has 0 amide bonds. The Bertz CT molecular complexity index is 418. The van der Waals surface area contributed by atoms with Crippen LogP contribution in [0.4, 0.5) is 0 Å². The molecule has 0 aromatic heterocycles. The predicted octanol–water partition coefficient (Wildman–Crippen LogP) is 3.05. The first-order valence-electron chi connectivity index (χ1n) is 4.57. The molecule has 86 valence electrons. The van der Waals surface area contributed by atoms with Crippen LogP contribution >= 0.6 is 27.5 Å². The van der Waals surface area contributed by atoms with Gasteiger partial charge in [-0.05, 0) is 18.2 Å². The van der Waals surface area contributed by atoms with Gasteiger partial charge in [0, 0.05) is 22.3 Å². The van der Waals surface area contributed by atoms with Crippen molar-refractivity contribution >= 4 is 39.3 Å². The molecule has 0 bridgehead atoms. The maximum absolute atomic E-state index is 11.7. The van der Waals surface area contributed by atoms with E-state index in [0.717, 1.165) is 0 Å². The Labute approximate surface area is 107 Å². The predicted molar refractivity (Wildman–Crippen MR) is 65.1 cm³/mol. The molecule has 0 atom stereocenters. The molecule has 1 rings (SSSR count). The second-order valence-corrected chi connectivity index (χ2v) is 4.28. The third kappa shape index (κ3) is 3.06. The number of ketones is 1. The van der Waals surface area contributed by atoms with Crippen LogP contribution in [0.15, 0.2) is 22.7 Å². The van der Waals surface area contributed by atoms with Gasteiger partial charge in [-0.2, -0.15) is 0 Å². The minimum absolute atomic E-state index is 0.104. The number of benzene rings is 1. The Kier molecular flexibility index (Phi) is 4.96. The van der Waals surface area contributed by atoms with Crippen LogP contribution in [0, 0.1) is 0 Å². The number of ether oxygens (including phenoxy) is 1. The van der Waals surface area contributed by atoms with Crippen LogP contribution in [0.2, 0.25) is 0 Å². The van der Waals surface area contributed by atoms with Crippen LogP contribution in [0.3, 0.4) is 0 Å². The lowest BCUT2D eigenvalue weighted by molar-refractivity contribution is 0.0600. The summed E-state index contributed by atoms with van der Waals surface area (Å²) in [4.78, 5) is 22.9. The smallest absolute Gasteiger partial charge is 0.337 e. The third-order valence-electron chi connectivity index (χ3n) is 2.01. The van der Waals surface area contributed by atoms with Gasteiger partial charge in [0.15, 0.2) is 5.78 Å². The molecule has 0 unspecified atom stereocenters. The molecule has 16 heavy (non-hydrogen) atoms. The van der Waals surface area contributed by atoms with Crippen molar-refractivity contribution in [2.75, 3.05) is 13.0 Å². The van der Waals surface area contributed by atoms with Crippen molar-refractivity contribution in [1.82, 2.24) is 0 Å². The molecule has 0 aliphatic rings. The lowest BCUT2D eigenvalue weighted by atomic mass is 10.1. The highest BCUT2D eigenvalue weighted by Crippen LogP contribution is 2.20. The van der Waals surface area contributed by atoms with E-state index in [9.17, 15) is 9.59 Å². The molecule has 3 nitrogen and oxygen atoms in total. The number of esters is 1. The quantitative estimate of drug-likeness (QED) is 0.488. The molecule has 0 saturated heterocycles. The van der Waals surface area contributed by atoms with Crippen LogP contribution in [0.5, 0.6) is 0 Å². The Morgan fingerprint density at radius 1 is 1.44 bits per heavy atom. The number of alkyl halides is 1. The minimum Gasteiger partial charge on any atom is -0.465 e. The van der Waals surface area contributed by atoms with Crippen molar-refractivity contribution in [3.63, 3.8) is 0 Å². The van der Waals surface area contributed by atoms with E-state index < -0.39 is 5.97 Å². The number of Topliss-reactive ketones (excluding diaryl/α,β-unsaturated/α-hetero) is 1. The van der Waals surface area contributed by atoms with E-state index >= 15 is 0 Å². The zero-order valence-electron chi connectivity index (χ0n) is 8.63. The topological polar surface area (TPSA) is 43.4 Å². The van der Waals surface area contributed by atoms with Crippen molar-refractivity contribution in [3.05, 3.63) is 33.8 Å². The second kappa shape index (κ2) is 6.01. The monoisotopic (exact) mass is 304 g/mol. The number of rotatable bonds is 4. The Balaban J connectivity index is 3.08. The molecular formula is C11H10BrClO3. The highest BCUT2D eigenvalue weighted by atomic mass is 79.9. The van der Waals surface area contributed by atoms with Crippen LogP contribution in [-0.2, 0) is 4.74 Å². The first kappa shape index (κ1) is 13.2. The molecule has 0 spiro atoms. The summed E-state index contributed by atoms with van der Waals surface area (Å²) in [5, 5.41) is 0. The van der Waals surface area contributed by atoms with E-state index in [1.54, 1.807) is 12.1 Å². The molecule has 1 aromatic rings. The van der Waals surface area contributed by atoms with Crippen molar-refractivity contribution in [3.8, 4) is 0 Å². The van der Waals surface area contributed by atoms with Crippen LogP contribution in [0.1, 0.15) is 27.1 Å². The van der Waals surface area contributed by atoms with Crippen molar-refractivity contribution in [2.24, 2.45) is 0 Å². The maximum atomic E-state index is 11.7. The fraction of sp³-hybridized carbons (Fsp3) is 0.273. The second-order valence-electron chi connectivity index (χ2n) is 3.05. The number of halogens is 2. The molecular weight excluding hydrogens is 295 g/mol. The van der Waals surface area contributed by atoms with Crippen molar-refractivity contribution in [1.29, 1.82) is 0 Å². The van der Waals surface area contributed by atoms with E-state index in [4.69, 9.17) is 11.6 Å². The summed E-state index contributed by atoms with van der Waals surface area (Å²) in [7, 11) is 1.30. The molecule has 0 radical (unpaired) electrons. The van der Waals surface area contributed by atoms with Gasteiger partial charge >= 0.3 is 5.97 Å². The number of carbonyl (C=O) groups excluding carboxylic acids is 2. The fourth-order valence-electron chi connectivity index (χ4n) is 1.20. The SMILES string of the molecule is COC(=O)c1ccc(Br)c(C(=O)CCCl)c1. The van der Waals surface area contributed by atoms with E-state index in [2.05, 4.69) is 20.7 Å². The summed E-state index contributed by atoms with van der Waals surface area (Å²) in [5.41, 5.74) is 0.798. The largest absolute Gasteiger partial charge is 0.465 e. The van der Waals surface area contributed by atoms with Crippen LogP contribution in [-0.4, -0.2) is 24.7 Å². The molecule has 0 aliphatic heterocycles. The van der Waals surface area contributed by atoms with E-state index in [1.807, 2.05) is 0 Å². The van der Waals surface area contributed by atoms with Gasteiger partial charge in [-0.25, -0.2) is 4.79 Å². The average molecular weight is 306 g/mol. The summed E-state index contributed by atoms with van der Waals surface area (Å²) in [6.07, 6.45) is 0.241. The van der Waals surface area contributed by atoms with Gasteiger partial charge in [-0.3, -0.25) is 4.79 Å². The summed E-state index contributed by atoms with van der Waals surface area (Å²) >= 11 is 8.76. The highest BCUT2D eigenvalue weighted by molar-refractivity contribution is 9.10. The van der Waals surface area contributed by atoms with Crippen LogP contribution < -0.4 is 0 Å². The van der Waals surface area contributed by atoms with Gasteiger partial charge < -0.3 is 4.74 Å². The highest BCUT2D eigenvalue weighted by Gasteiger charge is 2.13. The number of carbonyl (C=O) groups is 2. The third-order valence-corrected chi connectivity index (χ3v) is 2.89. The van der Waals surface area contributed by atoms with Gasteiger partial charge in [0.2, 0.25) is 0 Å². The summed E-state index contributed by atoms with van der Waals surface area (Å²) in [5.74, 6) is -0.312. The molecule has 1 aromatic carbocycles. The van der Waals surface area contributed by atoms with Gasteiger partial charge in [-0.1, -0.05) is 15.9 Å². The van der Waals surface area contributed by atoms with Gasteiger partial charge in [0.25, 0.3) is 0 Å². The maximum Gasteiger partial charge on any atom is 0.337 e. The molecule has 5 heteroatoms. The normalized spacial score (nSPS) is 9.94. The first-order valence-corrected chi connectivity index (χ1v) is 5.90. The molecule has 0 N–H and O–H groups in total. The summed E-state index contributed by atoms with van der Waals surface area (Å²) < 4.78 is 5.23. The summed E-state index contributed by atoms with van der Waals surface area (Å²) in [6, 6.07) is 4.74. The molecule has 0 heterocycles. The number of hydrogen-bond acceptors (Lipinski definition) is 3. The Hall–Kier alpha value is -0.870. The van der Waals surface area contributed by atoms with Gasteiger partial charge in [0.05, 0.1) is 12.7 Å². The van der Waals surface area contributed by atoms with E-state index in [-0.39, 0.29) is 18.1 Å². The lowest BCUT2D eigenvalue weighted by Gasteiger charge is -2.05. The standard InChI is InChI=1S/C11H10BrClO3/c1-16-11(15)7-2-3-9(12)8(6-7)10(14)4-5-13/h2-3,6H,4-5H2,1H3. The van der Waals surface area contributed by atoms with Crippen LogP contribution in [0.25, 0.3) is 0 Å². The minimum atomic E-state index is -0.465. The van der Waals surface area contributed by atoms with Gasteiger partial charge in [-0.15, -0.1) is 11.6 Å². The van der Waals surface area contributed by atoms with Crippen molar-refractivity contribution < 1.29 is 14.3 Å². The average Bonchev–Trinajstić information content (AvgIpc) is 2.29. The fourth-order valence-corrected chi connectivity index (χ4v) is 1.84. The van der Waals surface area contributed by atoms with Crippen molar-refractivity contribution in [2.45, 2.75) is 6.42 Å². The van der Waals surface area contributed by atoms with E-state index in [1.165, 1.54) is 13.2 Å². The Morgan fingerprint density at radius 2 is 2.12 bits per heavy atom. The summed E-state index contributed by atoms with van der Waals surface area (Å²) in [6.45, 7) is 0. The molecule has 0 fully saturated rings. The molecule has 0 aliphatic carbocycles. The zero-order chi connectivity index (χ0) is 12.1. The first-order chi connectivity index (χ1) is 7.60.